The van der Waals surface area contributed by atoms with Crippen LogP contribution in [0.25, 0.3) is 22.2 Å². The van der Waals surface area contributed by atoms with Gasteiger partial charge in [0.25, 0.3) is 0 Å². The van der Waals surface area contributed by atoms with Gasteiger partial charge in [0.2, 0.25) is 0 Å². The monoisotopic (exact) mass is 271 g/mol. The molecule has 96 valence electrons. The zero-order valence-electron chi connectivity index (χ0n) is 10.6. The molecule has 0 amide bonds. The van der Waals surface area contributed by atoms with Crippen LogP contribution in [0.2, 0.25) is 5.02 Å². The number of halogens is 1. The Bertz CT molecular complexity index is 700. The van der Waals surface area contributed by atoms with Gasteiger partial charge in [0, 0.05) is 21.6 Å². The zero-order valence-corrected chi connectivity index (χ0v) is 11.4. The van der Waals surface area contributed by atoms with Gasteiger partial charge in [-0.1, -0.05) is 23.7 Å². The molecule has 0 fully saturated rings. The van der Waals surface area contributed by atoms with E-state index in [-0.39, 0.29) is 0 Å². The predicted molar refractivity (Wildman–Crippen MR) is 79.9 cm³/mol. The molecule has 0 aliphatic heterocycles. The standard InChI is InChI=1S/C16H14ClNO/c1-2-19-14-7-8-15-12(9-14)10-16(18-15)11-3-5-13(17)6-4-11/h3-10,18H,2H2,1H3. The number of aromatic nitrogens is 1. The van der Waals surface area contributed by atoms with Gasteiger partial charge < -0.3 is 9.72 Å². The lowest BCUT2D eigenvalue weighted by Crippen LogP contribution is -1.90. The number of benzene rings is 2. The van der Waals surface area contributed by atoms with E-state index in [1.807, 2.05) is 43.3 Å². The second-order valence-electron chi connectivity index (χ2n) is 4.37. The molecule has 0 bridgehead atoms. The van der Waals surface area contributed by atoms with Crippen molar-refractivity contribution in [1.29, 1.82) is 0 Å². The Kier molecular flexibility index (Phi) is 3.18. The Balaban J connectivity index is 2.03. The molecule has 0 saturated carbocycles. The predicted octanol–water partition coefficient (Wildman–Crippen LogP) is 4.89. The Morgan fingerprint density at radius 2 is 1.84 bits per heavy atom. The van der Waals surface area contributed by atoms with Crippen molar-refractivity contribution < 1.29 is 4.74 Å². The largest absolute Gasteiger partial charge is 0.494 e. The van der Waals surface area contributed by atoms with Gasteiger partial charge in [-0.25, -0.2) is 0 Å². The van der Waals surface area contributed by atoms with Crippen LogP contribution >= 0.6 is 11.6 Å². The third-order valence-corrected chi connectivity index (χ3v) is 3.31. The Hall–Kier alpha value is -1.93. The summed E-state index contributed by atoms with van der Waals surface area (Å²) in [7, 11) is 0. The van der Waals surface area contributed by atoms with E-state index in [4.69, 9.17) is 16.3 Å². The number of ether oxygens (including phenoxy) is 1. The summed E-state index contributed by atoms with van der Waals surface area (Å²) in [6, 6.07) is 16.0. The van der Waals surface area contributed by atoms with Crippen molar-refractivity contribution in [3.05, 3.63) is 53.6 Å². The van der Waals surface area contributed by atoms with Gasteiger partial charge in [0.05, 0.1) is 6.61 Å². The lowest BCUT2D eigenvalue weighted by molar-refractivity contribution is 0.341. The molecule has 0 atom stereocenters. The molecule has 0 unspecified atom stereocenters. The Morgan fingerprint density at radius 1 is 1.05 bits per heavy atom. The minimum atomic E-state index is 0.681. The second kappa shape index (κ2) is 4.98. The minimum absolute atomic E-state index is 0.681. The van der Waals surface area contributed by atoms with E-state index in [1.165, 1.54) is 0 Å². The first-order valence-electron chi connectivity index (χ1n) is 6.28. The molecule has 19 heavy (non-hydrogen) atoms. The Morgan fingerprint density at radius 3 is 2.58 bits per heavy atom. The first kappa shape index (κ1) is 12.1. The normalized spacial score (nSPS) is 10.8. The first-order chi connectivity index (χ1) is 9.26. The summed E-state index contributed by atoms with van der Waals surface area (Å²) in [4.78, 5) is 3.40. The van der Waals surface area contributed by atoms with Gasteiger partial charge in [-0.3, -0.25) is 0 Å². The molecule has 3 rings (SSSR count). The van der Waals surface area contributed by atoms with Gasteiger partial charge >= 0.3 is 0 Å². The summed E-state index contributed by atoms with van der Waals surface area (Å²) in [6.45, 7) is 2.67. The molecule has 0 spiro atoms. The van der Waals surface area contributed by atoms with Gasteiger partial charge in [0.15, 0.2) is 0 Å². The van der Waals surface area contributed by atoms with Crippen LogP contribution in [0.1, 0.15) is 6.92 Å². The molecule has 3 heteroatoms. The highest BCUT2D eigenvalue weighted by Crippen LogP contribution is 2.27. The van der Waals surface area contributed by atoms with Crippen LogP contribution in [0.4, 0.5) is 0 Å². The van der Waals surface area contributed by atoms with Crippen molar-refractivity contribution in [2.45, 2.75) is 6.92 Å². The summed E-state index contributed by atoms with van der Waals surface area (Å²) < 4.78 is 5.51. The van der Waals surface area contributed by atoms with Crippen LogP contribution in [0.3, 0.4) is 0 Å². The average molecular weight is 272 g/mol. The van der Waals surface area contributed by atoms with E-state index in [2.05, 4.69) is 17.1 Å². The van der Waals surface area contributed by atoms with Crippen molar-refractivity contribution in [2.24, 2.45) is 0 Å². The SMILES string of the molecule is CCOc1ccc2[nH]c(-c3ccc(Cl)cc3)cc2c1. The second-order valence-corrected chi connectivity index (χ2v) is 4.81. The molecule has 0 saturated heterocycles. The van der Waals surface area contributed by atoms with E-state index in [0.717, 1.165) is 32.9 Å². The van der Waals surface area contributed by atoms with Crippen LogP contribution in [-0.4, -0.2) is 11.6 Å². The van der Waals surface area contributed by atoms with Gasteiger partial charge in [0.1, 0.15) is 5.75 Å². The molecule has 0 aliphatic carbocycles. The highest BCUT2D eigenvalue weighted by Gasteiger charge is 2.04. The molecule has 3 aromatic rings. The fraction of sp³-hybridized carbons (Fsp3) is 0.125. The molecule has 0 aliphatic rings. The quantitative estimate of drug-likeness (QED) is 0.721. The fourth-order valence-corrected chi connectivity index (χ4v) is 2.28. The molecule has 0 radical (unpaired) electrons. The number of hydrogen-bond donors (Lipinski definition) is 1. The number of rotatable bonds is 3. The first-order valence-corrected chi connectivity index (χ1v) is 6.65. The number of hydrogen-bond acceptors (Lipinski definition) is 1. The summed E-state index contributed by atoms with van der Waals surface area (Å²) in [5.41, 5.74) is 3.31. The van der Waals surface area contributed by atoms with E-state index < -0.39 is 0 Å². The fourth-order valence-electron chi connectivity index (χ4n) is 2.15. The molecule has 1 N–H and O–H groups in total. The van der Waals surface area contributed by atoms with Gasteiger partial charge in [-0.2, -0.15) is 0 Å². The third kappa shape index (κ3) is 2.45. The minimum Gasteiger partial charge on any atom is -0.494 e. The smallest absolute Gasteiger partial charge is 0.120 e. The van der Waals surface area contributed by atoms with Crippen molar-refractivity contribution >= 4 is 22.5 Å². The number of aromatic amines is 1. The van der Waals surface area contributed by atoms with Gasteiger partial charge in [-0.15, -0.1) is 0 Å². The summed E-state index contributed by atoms with van der Waals surface area (Å²) in [5, 5.41) is 1.90. The summed E-state index contributed by atoms with van der Waals surface area (Å²) in [6.07, 6.45) is 0. The lowest BCUT2D eigenvalue weighted by atomic mass is 10.1. The lowest BCUT2D eigenvalue weighted by Gasteiger charge is -2.01. The molecule has 1 aromatic heterocycles. The number of H-pyrrole nitrogens is 1. The zero-order chi connectivity index (χ0) is 13.2. The average Bonchev–Trinajstić information content (AvgIpc) is 2.83. The van der Waals surface area contributed by atoms with Crippen molar-refractivity contribution in [3.8, 4) is 17.0 Å². The highest BCUT2D eigenvalue weighted by molar-refractivity contribution is 6.30. The number of nitrogens with one attached hydrogen (secondary N) is 1. The van der Waals surface area contributed by atoms with Gasteiger partial charge in [-0.05, 0) is 48.9 Å². The molecular weight excluding hydrogens is 258 g/mol. The van der Waals surface area contributed by atoms with E-state index in [1.54, 1.807) is 0 Å². The maximum Gasteiger partial charge on any atom is 0.120 e. The Labute approximate surface area is 117 Å². The van der Waals surface area contributed by atoms with Crippen LogP contribution in [0.15, 0.2) is 48.5 Å². The molecular formula is C16H14ClNO. The van der Waals surface area contributed by atoms with E-state index in [9.17, 15) is 0 Å². The van der Waals surface area contributed by atoms with Crippen LogP contribution < -0.4 is 4.74 Å². The number of fused-ring (bicyclic) bond motifs is 1. The van der Waals surface area contributed by atoms with Crippen LogP contribution in [0, 0.1) is 0 Å². The van der Waals surface area contributed by atoms with Crippen molar-refractivity contribution in [3.63, 3.8) is 0 Å². The van der Waals surface area contributed by atoms with Crippen LogP contribution in [0.5, 0.6) is 5.75 Å². The molecule has 2 nitrogen and oxygen atoms in total. The van der Waals surface area contributed by atoms with Crippen LogP contribution in [-0.2, 0) is 0 Å². The maximum atomic E-state index is 5.91. The maximum absolute atomic E-state index is 5.91. The molecule has 2 aromatic carbocycles. The highest BCUT2D eigenvalue weighted by atomic mass is 35.5. The van der Waals surface area contributed by atoms with E-state index >= 15 is 0 Å². The van der Waals surface area contributed by atoms with Crippen molar-refractivity contribution in [1.82, 2.24) is 4.98 Å². The topological polar surface area (TPSA) is 25.0 Å². The van der Waals surface area contributed by atoms with Crippen molar-refractivity contribution in [2.75, 3.05) is 6.61 Å². The summed E-state index contributed by atoms with van der Waals surface area (Å²) >= 11 is 5.91. The summed E-state index contributed by atoms with van der Waals surface area (Å²) in [5.74, 6) is 0.900. The third-order valence-electron chi connectivity index (χ3n) is 3.06. The van der Waals surface area contributed by atoms with E-state index in [0.29, 0.717) is 6.61 Å². The molecule has 1 heterocycles.